The summed E-state index contributed by atoms with van der Waals surface area (Å²) < 4.78 is 25.9. The van der Waals surface area contributed by atoms with Gasteiger partial charge in [-0.2, -0.15) is 0 Å². The van der Waals surface area contributed by atoms with E-state index in [-0.39, 0.29) is 17.8 Å². The second-order valence-corrected chi connectivity index (χ2v) is 5.32. The minimum atomic E-state index is -3.39. The highest BCUT2D eigenvalue weighted by Gasteiger charge is 2.34. The fourth-order valence-corrected chi connectivity index (χ4v) is 2.11. The monoisotopic (exact) mass is 236 g/mol. The highest BCUT2D eigenvalue weighted by atomic mass is 32.2. The van der Waals surface area contributed by atoms with E-state index in [1.165, 1.54) is 7.11 Å². The maximum Gasteiger partial charge on any atom is 0.323 e. The first kappa shape index (κ1) is 12.4. The van der Waals surface area contributed by atoms with Crippen molar-refractivity contribution in [1.29, 1.82) is 0 Å². The number of hydrogen-bond acceptors (Lipinski definition) is 5. The lowest BCUT2D eigenvalue weighted by Crippen LogP contribution is -2.53. The van der Waals surface area contributed by atoms with Crippen LogP contribution in [-0.4, -0.2) is 51.3 Å². The van der Waals surface area contributed by atoms with E-state index in [0.717, 1.165) is 13.0 Å². The smallest absolute Gasteiger partial charge is 0.323 e. The molecule has 7 heteroatoms. The second-order valence-electron chi connectivity index (χ2n) is 3.58. The zero-order valence-corrected chi connectivity index (χ0v) is 9.50. The molecule has 6 nitrogen and oxygen atoms in total. The van der Waals surface area contributed by atoms with Crippen LogP contribution in [0.1, 0.15) is 12.8 Å². The number of nitrogens with zero attached hydrogens (tertiary/aromatic N) is 1. The van der Waals surface area contributed by atoms with Gasteiger partial charge in [0.05, 0.1) is 12.9 Å². The molecule has 15 heavy (non-hydrogen) atoms. The molecule has 0 bridgehead atoms. The van der Waals surface area contributed by atoms with E-state index >= 15 is 0 Å². The number of rotatable bonds is 5. The number of hydrogen-bond donors (Lipinski definition) is 1. The number of methoxy groups -OCH3 is 1. The molecule has 1 aliphatic heterocycles. The minimum absolute atomic E-state index is 0.0443. The number of sulfonamides is 1. The van der Waals surface area contributed by atoms with E-state index in [1.54, 1.807) is 0 Å². The number of carbonyl (C=O) groups is 1. The van der Waals surface area contributed by atoms with Crippen LogP contribution in [0, 0.1) is 0 Å². The molecule has 0 aromatic heterocycles. The Labute approximate surface area is 89.4 Å². The van der Waals surface area contributed by atoms with E-state index in [0.29, 0.717) is 13.0 Å². The van der Waals surface area contributed by atoms with E-state index in [2.05, 4.69) is 4.74 Å². The predicted octanol–water partition coefficient (Wildman–Crippen LogP) is -1.09. The van der Waals surface area contributed by atoms with Gasteiger partial charge in [-0.1, -0.05) is 0 Å². The summed E-state index contributed by atoms with van der Waals surface area (Å²) in [5, 5.41) is 4.86. The quantitative estimate of drug-likeness (QED) is 0.613. The summed E-state index contributed by atoms with van der Waals surface area (Å²) in [5.74, 6) is -0.297. The van der Waals surface area contributed by atoms with Crippen molar-refractivity contribution in [3.05, 3.63) is 0 Å². The van der Waals surface area contributed by atoms with Crippen LogP contribution in [0.5, 0.6) is 0 Å². The van der Waals surface area contributed by atoms with Crippen LogP contribution in [0.4, 0.5) is 0 Å². The molecule has 1 fully saturated rings. The van der Waals surface area contributed by atoms with Crippen molar-refractivity contribution in [2.24, 2.45) is 5.14 Å². The molecule has 2 N–H and O–H groups in total. The van der Waals surface area contributed by atoms with Crippen LogP contribution in [0.25, 0.3) is 0 Å². The van der Waals surface area contributed by atoms with Crippen molar-refractivity contribution in [3.63, 3.8) is 0 Å². The maximum atomic E-state index is 11.2. The second kappa shape index (κ2) is 4.91. The van der Waals surface area contributed by atoms with Crippen molar-refractivity contribution in [1.82, 2.24) is 4.90 Å². The van der Waals surface area contributed by atoms with Gasteiger partial charge in [0.25, 0.3) is 0 Å². The van der Waals surface area contributed by atoms with Gasteiger partial charge in [-0.05, 0) is 12.8 Å². The number of likely N-dealkylation sites (tertiary alicyclic amines) is 1. The highest BCUT2D eigenvalue weighted by molar-refractivity contribution is 7.89. The summed E-state index contributed by atoms with van der Waals surface area (Å²) in [6.45, 7) is 1.38. The number of primary sulfonamides is 1. The normalized spacial score (nSPS) is 22.1. The van der Waals surface area contributed by atoms with Crippen LogP contribution in [0.15, 0.2) is 0 Å². The molecule has 0 radical (unpaired) electrons. The molecule has 0 saturated carbocycles. The zero-order chi connectivity index (χ0) is 11.5. The van der Waals surface area contributed by atoms with Gasteiger partial charge in [0.15, 0.2) is 0 Å². The van der Waals surface area contributed by atoms with Crippen LogP contribution >= 0.6 is 0 Å². The van der Waals surface area contributed by atoms with Gasteiger partial charge in [0, 0.05) is 13.1 Å². The van der Waals surface area contributed by atoms with Gasteiger partial charge in [-0.15, -0.1) is 0 Å². The first-order chi connectivity index (χ1) is 6.94. The highest BCUT2D eigenvalue weighted by Crippen LogP contribution is 2.18. The van der Waals surface area contributed by atoms with Crippen molar-refractivity contribution in [2.45, 2.75) is 18.9 Å². The number of carbonyl (C=O) groups excluding carboxylic acids is 1. The van der Waals surface area contributed by atoms with Gasteiger partial charge in [0.1, 0.15) is 6.04 Å². The van der Waals surface area contributed by atoms with Gasteiger partial charge in [-0.25, -0.2) is 13.6 Å². The summed E-state index contributed by atoms with van der Waals surface area (Å²) in [5.41, 5.74) is 0. The van der Waals surface area contributed by atoms with E-state index < -0.39 is 10.0 Å². The van der Waals surface area contributed by atoms with E-state index in [4.69, 9.17) is 5.14 Å². The Kier molecular flexibility index (Phi) is 4.06. The molecule has 1 rings (SSSR count). The Hall–Kier alpha value is -0.660. The topological polar surface area (TPSA) is 89.7 Å². The molecule has 0 amide bonds. The number of esters is 1. The lowest BCUT2D eigenvalue weighted by atomic mass is 10.0. The average molecular weight is 236 g/mol. The Balaban J connectivity index is 2.26. The van der Waals surface area contributed by atoms with Gasteiger partial charge < -0.3 is 4.74 Å². The van der Waals surface area contributed by atoms with Crippen molar-refractivity contribution in [2.75, 3.05) is 26.0 Å². The molecule has 1 aliphatic rings. The van der Waals surface area contributed by atoms with Crippen LogP contribution in [0.2, 0.25) is 0 Å². The fourth-order valence-electron chi connectivity index (χ4n) is 1.58. The lowest BCUT2D eigenvalue weighted by molar-refractivity contribution is -0.151. The molecule has 0 aromatic carbocycles. The molecule has 0 spiro atoms. The van der Waals surface area contributed by atoms with E-state index in [1.807, 2.05) is 4.90 Å². The third-order valence-electron chi connectivity index (χ3n) is 2.48. The molecule has 1 heterocycles. The van der Waals surface area contributed by atoms with Gasteiger partial charge in [0.2, 0.25) is 10.0 Å². The Morgan fingerprint density at radius 2 is 2.27 bits per heavy atom. The SMILES string of the molecule is COC(=O)C1CCN1CCCS(N)(=O)=O. The van der Waals surface area contributed by atoms with Crippen molar-refractivity contribution in [3.8, 4) is 0 Å². The predicted molar refractivity (Wildman–Crippen MR) is 54.6 cm³/mol. The molecule has 88 valence electrons. The molecule has 1 atom stereocenters. The maximum absolute atomic E-state index is 11.2. The Morgan fingerprint density at radius 1 is 1.60 bits per heavy atom. The average Bonchev–Trinajstić information content (AvgIpc) is 2.08. The lowest BCUT2D eigenvalue weighted by Gasteiger charge is -2.38. The number of ether oxygens (including phenoxy) is 1. The standard InChI is InChI=1S/C8H16N2O4S/c1-14-8(11)7-3-5-10(7)4-2-6-15(9,12)13/h7H,2-6H2,1H3,(H2,9,12,13). The Bertz CT molecular complexity index is 328. The van der Waals surface area contributed by atoms with Gasteiger partial charge >= 0.3 is 5.97 Å². The van der Waals surface area contributed by atoms with Gasteiger partial charge in [-0.3, -0.25) is 9.69 Å². The van der Waals surface area contributed by atoms with Crippen LogP contribution in [-0.2, 0) is 19.6 Å². The third-order valence-corrected chi connectivity index (χ3v) is 3.34. The molecule has 1 unspecified atom stereocenters. The minimum Gasteiger partial charge on any atom is -0.468 e. The molecule has 0 aliphatic carbocycles. The summed E-state index contributed by atoms with van der Waals surface area (Å²) in [6.07, 6.45) is 1.23. The third kappa shape index (κ3) is 3.77. The van der Waals surface area contributed by atoms with E-state index in [9.17, 15) is 13.2 Å². The van der Waals surface area contributed by atoms with Crippen molar-refractivity contribution < 1.29 is 17.9 Å². The largest absolute Gasteiger partial charge is 0.468 e. The summed E-state index contributed by atoms with van der Waals surface area (Å²) in [4.78, 5) is 13.1. The fraction of sp³-hybridized carbons (Fsp3) is 0.875. The first-order valence-corrected chi connectivity index (χ1v) is 6.48. The van der Waals surface area contributed by atoms with Crippen LogP contribution < -0.4 is 5.14 Å². The summed E-state index contributed by atoms with van der Waals surface area (Å²) in [6, 6.07) is -0.199. The molecule has 1 saturated heterocycles. The summed E-state index contributed by atoms with van der Waals surface area (Å²) in [7, 11) is -2.04. The zero-order valence-electron chi connectivity index (χ0n) is 8.68. The molecular formula is C8H16N2O4S. The first-order valence-electron chi connectivity index (χ1n) is 4.76. The van der Waals surface area contributed by atoms with Crippen LogP contribution in [0.3, 0.4) is 0 Å². The summed E-state index contributed by atoms with van der Waals surface area (Å²) >= 11 is 0. The van der Waals surface area contributed by atoms with Crippen molar-refractivity contribution >= 4 is 16.0 Å². The molecular weight excluding hydrogens is 220 g/mol. The molecule has 0 aromatic rings. The Morgan fingerprint density at radius 3 is 2.67 bits per heavy atom. The number of nitrogens with two attached hydrogens (primary N) is 1.